The van der Waals surface area contributed by atoms with E-state index >= 15 is 0 Å². The van der Waals surface area contributed by atoms with Crippen LogP contribution in [0.4, 0.5) is 11.4 Å². The van der Waals surface area contributed by atoms with Gasteiger partial charge in [0, 0.05) is 43.0 Å². The van der Waals surface area contributed by atoms with Crippen molar-refractivity contribution >= 4 is 40.9 Å². The molecule has 3 heterocycles. The summed E-state index contributed by atoms with van der Waals surface area (Å²) in [5.74, 6) is -2.03. The lowest BCUT2D eigenvalue weighted by molar-refractivity contribution is -0.136. The molecule has 10 heteroatoms. The molecule has 0 saturated carbocycles. The van der Waals surface area contributed by atoms with E-state index in [-0.39, 0.29) is 24.0 Å². The summed E-state index contributed by atoms with van der Waals surface area (Å²) < 4.78 is 0. The highest BCUT2D eigenvalue weighted by molar-refractivity contribution is 6.23. The van der Waals surface area contributed by atoms with Crippen LogP contribution in [-0.2, 0) is 9.59 Å². The average molecular weight is 490 g/mol. The number of fused-ring (bicyclic) bond motifs is 1. The molecule has 2 saturated heterocycles. The number of imide groups is 2. The van der Waals surface area contributed by atoms with Crippen molar-refractivity contribution in [2.24, 2.45) is 11.7 Å². The Morgan fingerprint density at radius 3 is 2.31 bits per heavy atom. The minimum atomic E-state index is -0.969. The number of carbonyl (C=O) groups excluding carboxylic acids is 5. The highest BCUT2D eigenvalue weighted by atomic mass is 16.2. The quantitative estimate of drug-likeness (QED) is 0.522. The normalized spacial score (nSPS) is 20.4. The van der Waals surface area contributed by atoms with Gasteiger partial charge in [-0.15, -0.1) is 0 Å². The molecule has 0 aromatic heterocycles. The Balaban J connectivity index is 1.17. The first-order chi connectivity index (χ1) is 17.3. The van der Waals surface area contributed by atoms with Gasteiger partial charge >= 0.3 is 0 Å². The number of nitrogens with two attached hydrogens (primary N) is 1. The first-order valence-corrected chi connectivity index (χ1v) is 12.1. The smallest absolute Gasteiger partial charge is 0.262 e. The van der Waals surface area contributed by atoms with Crippen molar-refractivity contribution in [1.82, 2.24) is 10.2 Å². The molecule has 3 aliphatic heterocycles. The zero-order valence-corrected chi connectivity index (χ0v) is 19.7. The van der Waals surface area contributed by atoms with E-state index in [1.165, 1.54) is 0 Å². The maximum absolute atomic E-state index is 13.0. The van der Waals surface area contributed by atoms with Crippen LogP contribution in [0.15, 0.2) is 42.5 Å². The fourth-order valence-electron chi connectivity index (χ4n) is 5.07. The molecule has 2 aromatic carbocycles. The Hall–Kier alpha value is -4.21. The van der Waals surface area contributed by atoms with Gasteiger partial charge in [-0.3, -0.25) is 34.2 Å². The molecule has 5 rings (SSSR count). The molecule has 36 heavy (non-hydrogen) atoms. The van der Waals surface area contributed by atoms with E-state index in [4.69, 9.17) is 5.73 Å². The maximum atomic E-state index is 13.0. The van der Waals surface area contributed by atoms with Crippen LogP contribution in [0, 0.1) is 5.92 Å². The number of nitrogens with one attached hydrogen (secondary N) is 2. The molecule has 186 valence electrons. The molecular formula is C26H27N5O5. The summed E-state index contributed by atoms with van der Waals surface area (Å²) >= 11 is 0. The van der Waals surface area contributed by atoms with E-state index in [9.17, 15) is 24.0 Å². The first kappa shape index (κ1) is 23.5. The predicted octanol–water partition coefficient (Wildman–Crippen LogP) is 1.52. The van der Waals surface area contributed by atoms with Gasteiger partial charge in [0.25, 0.3) is 11.8 Å². The van der Waals surface area contributed by atoms with Gasteiger partial charge in [0.15, 0.2) is 0 Å². The summed E-state index contributed by atoms with van der Waals surface area (Å²) in [6.07, 6.45) is 2.19. The van der Waals surface area contributed by atoms with Crippen LogP contribution in [0.25, 0.3) is 0 Å². The maximum Gasteiger partial charge on any atom is 0.262 e. The molecule has 5 amide bonds. The van der Waals surface area contributed by atoms with Crippen molar-refractivity contribution in [2.75, 3.05) is 29.9 Å². The molecule has 0 bridgehead atoms. The molecule has 1 unspecified atom stereocenters. The molecule has 0 aliphatic carbocycles. The molecule has 0 radical (unpaired) electrons. The molecule has 2 fully saturated rings. The number of rotatable bonds is 6. The Morgan fingerprint density at radius 2 is 1.64 bits per heavy atom. The Kier molecular flexibility index (Phi) is 6.17. The van der Waals surface area contributed by atoms with Gasteiger partial charge in [-0.2, -0.15) is 0 Å². The zero-order chi connectivity index (χ0) is 25.4. The molecular weight excluding hydrogens is 462 g/mol. The number of hydrogen-bond acceptors (Lipinski definition) is 7. The number of piperidine rings is 2. The summed E-state index contributed by atoms with van der Waals surface area (Å²) in [5.41, 5.74) is 8.15. The van der Waals surface area contributed by atoms with Crippen LogP contribution >= 0.6 is 0 Å². The SMILES string of the molecule is NC(=O)c1ccc(N2CCC(CNc3ccc4c(c3)C(=O)N(C3CCC(=O)NC3=O)C4=O)CC2)cc1. The third-order valence-electron chi connectivity index (χ3n) is 7.17. The standard InChI is InChI=1S/C26H27N5O5/c27-23(33)16-1-4-18(5-2-16)30-11-9-15(10-12-30)14-28-17-3-6-19-20(13-17)26(36)31(25(19)35)21-7-8-22(32)29-24(21)34/h1-6,13,15,21,28H,7-12,14H2,(H2,27,33)(H,29,32,34). The van der Waals surface area contributed by atoms with Gasteiger partial charge in [-0.05, 0) is 67.6 Å². The number of carbonyl (C=O) groups is 5. The van der Waals surface area contributed by atoms with Gasteiger partial charge in [0.05, 0.1) is 11.1 Å². The molecule has 4 N–H and O–H groups in total. The second-order valence-corrected chi connectivity index (χ2v) is 9.43. The Labute approximate surface area is 207 Å². The van der Waals surface area contributed by atoms with Gasteiger partial charge in [0.2, 0.25) is 17.7 Å². The van der Waals surface area contributed by atoms with Crippen molar-refractivity contribution in [3.05, 3.63) is 59.2 Å². The number of anilines is 2. The lowest BCUT2D eigenvalue weighted by Crippen LogP contribution is -2.54. The van der Waals surface area contributed by atoms with Crippen molar-refractivity contribution < 1.29 is 24.0 Å². The third kappa shape index (κ3) is 4.41. The van der Waals surface area contributed by atoms with E-state index in [0.717, 1.165) is 48.8 Å². The summed E-state index contributed by atoms with van der Waals surface area (Å²) in [6, 6.07) is 11.4. The number of hydrogen-bond donors (Lipinski definition) is 3. The molecule has 3 aliphatic rings. The number of nitrogens with zero attached hydrogens (tertiary/aromatic N) is 2. The second-order valence-electron chi connectivity index (χ2n) is 9.43. The summed E-state index contributed by atoms with van der Waals surface area (Å²) in [4.78, 5) is 64.0. The average Bonchev–Trinajstić information content (AvgIpc) is 3.12. The van der Waals surface area contributed by atoms with E-state index < -0.39 is 35.6 Å². The van der Waals surface area contributed by atoms with Gasteiger partial charge in [-0.1, -0.05) is 0 Å². The highest BCUT2D eigenvalue weighted by Crippen LogP contribution is 2.30. The van der Waals surface area contributed by atoms with Crippen LogP contribution in [-0.4, -0.2) is 60.1 Å². The molecule has 0 spiro atoms. The fourth-order valence-corrected chi connectivity index (χ4v) is 5.07. The second kappa shape index (κ2) is 9.44. The fraction of sp³-hybridized carbons (Fsp3) is 0.346. The van der Waals surface area contributed by atoms with E-state index in [2.05, 4.69) is 15.5 Å². The van der Waals surface area contributed by atoms with Crippen molar-refractivity contribution in [1.29, 1.82) is 0 Å². The van der Waals surface area contributed by atoms with Crippen LogP contribution in [0.5, 0.6) is 0 Å². The topological polar surface area (TPSA) is 142 Å². The zero-order valence-electron chi connectivity index (χ0n) is 19.7. The van der Waals surface area contributed by atoms with E-state index in [1.54, 1.807) is 30.3 Å². The van der Waals surface area contributed by atoms with Crippen molar-refractivity contribution in [3.63, 3.8) is 0 Å². The minimum absolute atomic E-state index is 0.0914. The number of amides is 5. The third-order valence-corrected chi connectivity index (χ3v) is 7.17. The van der Waals surface area contributed by atoms with Crippen LogP contribution < -0.4 is 21.3 Å². The Morgan fingerprint density at radius 1 is 0.944 bits per heavy atom. The van der Waals surface area contributed by atoms with Gasteiger partial charge in [0.1, 0.15) is 6.04 Å². The molecule has 1 atom stereocenters. The van der Waals surface area contributed by atoms with E-state index in [1.807, 2.05) is 12.1 Å². The lowest BCUT2D eigenvalue weighted by atomic mass is 9.96. The predicted molar refractivity (Wildman–Crippen MR) is 132 cm³/mol. The highest BCUT2D eigenvalue weighted by Gasteiger charge is 2.44. The monoisotopic (exact) mass is 489 g/mol. The largest absolute Gasteiger partial charge is 0.385 e. The summed E-state index contributed by atoms with van der Waals surface area (Å²) in [6.45, 7) is 2.51. The molecule has 10 nitrogen and oxygen atoms in total. The van der Waals surface area contributed by atoms with Crippen molar-refractivity contribution in [3.8, 4) is 0 Å². The summed E-state index contributed by atoms with van der Waals surface area (Å²) in [5, 5.41) is 5.59. The number of benzene rings is 2. The first-order valence-electron chi connectivity index (χ1n) is 12.1. The minimum Gasteiger partial charge on any atom is -0.385 e. The van der Waals surface area contributed by atoms with Crippen molar-refractivity contribution in [2.45, 2.75) is 31.7 Å². The lowest BCUT2D eigenvalue weighted by Gasteiger charge is -2.34. The van der Waals surface area contributed by atoms with Gasteiger partial charge < -0.3 is 16.0 Å². The van der Waals surface area contributed by atoms with Gasteiger partial charge in [-0.25, -0.2) is 0 Å². The van der Waals surface area contributed by atoms with E-state index in [0.29, 0.717) is 11.5 Å². The van der Waals surface area contributed by atoms with Crippen LogP contribution in [0.2, 0.25) is 0 Å². The number of primary amides is 1. The van der Waals surface area contributed by atoms with Crippen LogP contribution in [0.3, 0.4) is 0 Å². The molecule has 2 aromatic rings. The summed E-state index contributed by atoms with van der Waals surface area (Å²) in [7, 11) is 0. The Bertz CT molecular complexity index is 1250. The van der Waals surface area contributed by atoms with Crippen LogP contribution in [0.1, 0.15) is 56.8 Å².